The van der Waals surface area contributed by atoms with Gasteiger partial charge in [0.05, 0.1) is 18.1 Å². The molecule has 2 rings (SSSR count). The van der Waals surface area contributed by atoms with E-state index >= 15 is 0 Å². The molecule has 6 nitrogen and oxygen atoms in total. The van der Waals surface area contributed by atoms with E-state index in [1.165, 1.54) is 0 Å². The molecule has 0 unspecified atom stereocenters. The summed E-state index contributed by atoms with van der Waals surface area (Å²) in [5.74, 6) is 1.28. The predicted octanol–water partition coefficient (Wildman–Crippen LogP) is 1.50. The van der Waals surface area contributed by atoms with Crippen LogP contribution in [0.25, 0.3) is 0 Å². The molecule has 2 N–H and O–H groups in total. The second-order valence-electron chi connectivity index (χ2n) is 5.92. The van der Waals surface area contributed by atoms with Crippen molar-refractivity contribution in [3.05, 3.63) is 29.8 Å². The van der Waals surface area contributed by atoms with Crippen molar-refractivity contribution < 1.29 is 17.9 Å². The first kappa shape index (κ1) is 17.6. The van der Waals surface area contributed by atoms with Crippen molar-refractivity contribution in [2.45, 2.75) is 19.8 Å². The number of aryl methyl sites for hydroxylation is 1. The van der Waals surface area contributed by atoms with E-state index in [2.05, 4.69) is 10.6 Å². The highest BCUT2D eigenvalue weighted by Gasteiger charge is 2.27. The SMILES string of the molecule is Cc1cccc(OCCCNC(=O)NC[C@H]2CCS(=O)(=O)C2)c1. The standard InChI is InChI=1S/C16H24N2O4S/c1-13-4-2-5-15(10-13)22-8-3-7-17-16(19)18-11-14-6-9-23(20,21)12-14/h2,4-5,10,14H,3,6-9,11-12H2,1H3,(H2,17,18,19)/t14-/m1/s1. The third kappa shape index (κ3) is 6.48. The second-order valence-corrected chi connectivity index (χ2v) is 8.15. The number of nitrogens with one attached hydrogen (secondary N) is 2. The highest BCUT2D eigenvalue weighted by molar-refractivity contribution is 7.91. The van der Waals surface area contributed by atoms with Crippen molar-refractivity contribution in [1.82, 2.24) is 10.6 Å². The summed E-state index contributed by atoms with van der Waals surface area (Å²) in [6.45, 7) is 3.46. The van der Waals surface area contributed by atoms with Gasteiger partial charge in [-0.15, -0.1) is 0 Å². The molecule has 0 aromatic heterocycles. The molecule has 1 aliphatic heterocycles. The third-order valence-electron chi connectivity index (χ3n) is 3.74. The largest absolute Gasteiger partial charge is 0.494 e. The molecule has 1 aromatic carbocycles. The van der Waals surface area contributed by atoms with Crippen LogP contribution in [0.4, 0.5) is 4.79 Å². The van der Waals surface area contributed by atoms with Crippen molar-refractivity contribution in [2.24, 2.45) is 5.92 Å². The van der Waals surface area contributed by atoms with Crippen LogP contribution in [0.15, 0.2) is 24.3 Å². The van der Waals surface area contributed by atoms with E-state index in [4.69, 9.17) is 4.74 Å². The van der Waals surface area contributed by atoms with Gasteiger partial charge >= 0.3 is 6.03 Å². The van der Waals surface area contributed by atoms with Crippen molar-refractivity contribution >= 4 is 15.9 Å². The fourth-order valence-electron chi connectivity index (χ4n) is 2.50. The van der Waals surface area contributed by atoms with E-state index in [1.54, 1.807) is 0 Å². The van der Waals surface area contributed by atoms with Gasteiger partial charge in [-0.25, -0.2) is 13.2 Å². The number of urea groups is 1. The summed E-state index contributed by atoms with van der Waals surface area (Å²) in [5.41, 5.74) is 1.15. The van der Waals surface area contributed by atoms with Crippen LogP contribution < -0.4 is 15.4 Å². The van der Waals surface area contributed by atoms with Gasteiger partial charge in [-0.1, -0.05) is 12.1 Å². The first-order chi connectivity index (χ1) is 10.9. The normalized spacial score (nSPS) is 19.3. The van der Waals surface area contributed by atoms with Crippen molar-refractivity contribution in [1.29, 1.82) is 0 Å². The molecule has 0 saturated carbocycles. The maximum Gasteiger partial charge on any atom is 0.314 e. The fourth-order valence-corrected chi connectivity index (χ4v) is 4.36. The number of hydrogen-bond acceptors (Lipinski definition) is 4. The van der Waals surface area contributed by atoms with Gasteiger partial charge in [0.2, 0.25) is 0 Å². The van der Waals surface area contributed by atoms with Crippen LogP contribution in [0, 0.1) is 12.8 Å². The lowest BCUT2D eigenvalue weighted by Crippen LogP contribution is -2.39. The summed E-state index contributed by atoms with van der Waals surface area (Å²) in [6, 6.07) is 7.57. The van der Waals surface area contributed by atoms with Crippen LogP contribution in [0.2, 0.25) is 0 Å². The molecule has 0 radical (unpaired) electrons. The third-order valence-corrected chi connectivity index (χ3v) is 5.58. The first-order valence-corrected chi connectivity index (χ1v) is 9.68. The predicted molar refractivity (Wildman–Crippen MR) is 89.5 cm³/mol. The summed E-state index contributed by atoms with van der Waals surface area (Å²) in [4.78, 5) is 11.6. The van der Waals surface area contributed by atoms with Gasteiger partial charge in [0.25, 0.3) is 0 Å². The number of carbonyl (C=O) groups is 1. The number of hydrogen-bond donors (Lipinski definition) is 2. The van der Waals surface area contributed by atoms with Gasteiger partial charge in [-0.05, 0) is 43.4 Å². The molecule has 1 aromatic rings. The van der Waals surface area contributed by atoms with Gasteiger partial charge in [0, 0.05) is 13.1 Å². The molecule has 1 aliphatic rings. The maximum absolute atomic E-state index is 11.6. The smallest absolute Gasteiger partial charge is 0.314 e. The summed E-state index contributed by atoms with van der Waals surface area (Å²) >= 11 is 0. The number of sulfone groups is 1. The van der Waals surface area contributed by atoms with Gasteiger partial charge in [0.15, 0.2) is 9.84 Å². The average molecular weight is 340 g/mol. The highest BCUT2D eigenvalue weighted by Crippen LogP contribution is 2.17. The molecule has 1 saturated heterocycles. The van der Waals surface area contributed by atoms with Crippen LogP contribution in [0.5, 0.6) is 5.75 Å². The zero-order valence-electron chi connectivity index (χ0n) is 13.4. The number of benzene rings is 1. The Morgan fingerprint density at radius 3 is 2.87 bits per heavy atom. The van der Waals surface area contributed by atoms with E-state index in [1.807, 2.05) is 31.2 Å². The van der Waals surface area contributed by atoms with Crippen molar-refractivity contribution in [3.8, 4) is 5.75 Å². The zero-order valence-corrected chi connectivity index (χ0v) is 14.2. The van der Waals surface area contributed by atoms with E-state index < -0.39 is 9.84 Å². The quantitative estimate of drug-likeness (QED) is 0.737. The monoisotopic (exact) mass is 340 g/mol. The summed E-state index contributed by atoms with van der Waals surface area (Å²) in [7, 11) is -2.89. The highest BCUT2D eigenvalue weighted by atomic mass is 32.2. The summed E-state index contributed by atoms with van der Waals surface area (Å²) in [5, 5.41) is 5.47. The molecule has 2 amide bonds. The molecule has 0 bridgehead atoms. The molecule has 1 heterocycles. The van der Waals surface area contributed by atoms with E-state index in [-0.39, 0.29) is 23.5 Å². The zero-order chi connectivity index (χ0) is 16.7. The molecule has 0 spiro atoms. The number of amides is 2. The average Bonchev–Trinajstić information content (AvgIpc) is 2.84. The lowest BCUT2D eigenvalue weighted by Gasteiger charge is -2.11. The molecule has 128 valence electrons. The Hall–Kier alpha value is -1.76. The lowest BCUT2D eigenvalue weighted by molar-refractivity contribution is 0.237. The Balaban J connectivity index is 1.53. The van der Waals surface area contributed by atoms with Crippen LogP contribution in [0.1, 0.15) is 18.4 Å². The maximum atomic E-state index is 11.6. The van der Waals surface area contributed by atoms with E-state index in [9.17, 15) is 13.2 Å². The second kappa shape index (κ2) is 8.19. The van der Waals surface area contributed by atoms with E-state index in [0.29, 0.717) is 32.5 Å². The molecule has 23 heavy (non-hydrogen) atoms. The van der Waals surface area contributed by atoms with Gasteiger partial charge in [-0.2, -0.15) is 0 Å². The Bertz CT molecular complexity index is 631. The summed E-state index contributed by atoms with van der Waals surface area (Å²) in [6.07, 6.45) is 1.34. The molecular formula is C16H24N2O4S. The molecule has 1 fully saturated rings. The number of carbonyl (C=O) groups excluding carboxylic acids is 1. The minimum Gasteiger partial charge on any atom is -0.494 e. The minimum absolute atomic E-state index is 0.0374. The van der Waals surface area contributed by atoms with Crippen LogP contribution in [-0.2, 0) is 9.84 Å². The summed E-state index contributed by atoms with van der Waals surface area (Å²) < 4.78 is 28.2. The Kier molecular flexibility index (Phi) is 6.27. The van der Waals surface area contributed by atoms with Gasteiger partial charge in [0.1, 0.15) is 5.75 Å². The van der Waals surface area contributed by atoms with Crippen LogP contribution in [0.3, 0.4) is 0 Å². The minimum atomic E-state index is -2.89. The molecule has 0 aliphatic carbocycles. The van der Waals surface area contributed by atoms with Crippen LogP contribution >= 0.6 is 0 Å². The molecular weight excluding hydrogens is 316 g/mol. The van der Waals surface area contributed by atoms with Gasteiger partial charge < -0.3 is 15.4 Å². The van der Waals surface area contributed by atoms with E-state index in [0.717, 1.165) is 11.3 Å². The topological polar surface area (TPSA) is 84.5 Å². The molecule has 1 atom stereocenters. The first-order valence-electron chi connectivity index (χ1n) is 7.86. The Morgan fingerprint density at radius 2 is 2.17 bits per heavy atom. The lowest BCUT2D eigenvalue weighted by atomic mass is 10.1. The van der Waals surface area contributed by atoms with Crippen molar-refractivity contribution in [2.75, 3.05) is 31.2 Å². The number of ether oxygens (including phenoxy) is 1. The Labute approximate surface area is 137 Å². The van der Waals surface area contributed by atoms with Crippen molar-refractivity contribution in [3.63, 3.8) is 0 Å². The Morgan fingerprint density at radius 1 is 1.35 bits per heavy atom. The number of rotatable bonds is 7. The fraction of sp³-hybridized carbons (Fsp3) is 0.562. The molecule has 7 heteroatoms. The van der Waals surface area contributed by atoms with Gasteiger partial charge in [-0.3, -0.25) is 0 Å². The van der Waals surface area contributed by atoms with Crippen LogP contribution in [-0.4, -0.2) is 45.7 Å².